The van der Waals surface area contributed by atoms with Crippen LogP contribution in [0.3, 0.4) is 0 Å². The number of rotatable bonds is 4. The number of ether oxygens (including phenoxy) is 2. The Bertz CT molecular complexity index is 1330. The Morgan fingerprint density at radius 3 is 2.42 bits per heavy atom. The van der Waals surface area contributed by atoms with Gasteiger partial charge >= 0.3 is 17.9 Å². The zero-order chi connectivity index (χ0) is 23.9. The molecule has 1 aliphatic heterocycles. The minimum atomic E-state index is -1.31. The molecule has 0 radical (unpaired) electrons. The van der Waals surface area contributed by atoms with Gasteiger partial charge in [-0.1, -0.05) is 23.8 Å². The van der Waals surface area contributed by atoms with Crippen molar-refractivity contribution in [2.24, 2.45) is 0 Å². The van der Waals surface area contributed by atoms with Gasteiger partial charge in [-0.05, 0) is 43.7 Å². The molecule has 1 saturated heterocycles. The largest absolute Gasteiger partial charge is 0.478 e. The Morgan fingerprint density at radius 1 is 1.06 bits per heavy atom. The first-order chi connectivity index (χ1) is 15.5. The van der Waals surface area contributed by atoms with Gasteiger partial charge in [0.15, 0.2) is 5.57 Å². The van der Waals surface area contributed by atoms with Gasteiger partial charge in [0.25, 0.3) is 5.79 Å². The molecule has 0 aliphatic carbocycles. The van der Waals surface area contributed by atoms with E-state index in [9.17, 15) is 19.5 Å². The van der Waals surface area contributed by atoms with E-state index in [2.05, 4.69) is 5.32 Å². The van der Waals surface area contributed by atoms with E-state index in [1.54, 1.807) is 30.3 Å². The molecule has 2 heterocycles. The zero-order valence-electron chi connectivity index (χ0n) is 18.6. The first-order valence-electron chi connectivity index (χ1n) is 10.2. The maximum absolute atomic E-state index is 12.1. The summed E-state index contributed by atoms with van der Waals surface area (Å²) >= 11 is 0. The van der Waals surface area contributed by atoms with Crippen molar-refractivity contribution in [2.75, 3.05) is 5.32 Å². The lowest BCUT2D eigenvalue weighted by Crippen LogP contribution is -2.42. The number of anilines is 1. The van der Waals surface area contributed by atoms with E-state index in [1.807, 2.05) is 26.0 Å². The number of cyclic esters (lactones) is 2. The Morgan fingerprint density at radius 2 is 1.76 bits per heavy atom. The molecule has 33 heavy (non-hydrogen) atoms. The van der Waals surface area contributed by atoms with Crippen LogP contribution >= 0.6 is 0 Å². The summed E-state index contributed by atoms with van der Waals surface area (Å²) in [4.78, 5) is 40.9. The lowest BCUT2D eigenvalue weighted by Gasteiger charge is -2.29. The van der Waals surface area contributed by atoms with Crippen LogP contribution in [0.2, 0.25) is 0 Å². The number of fused-ring (bicyclic) bond motifs is 1. The first kappa shape index (κ1) is 22.0. The quantitative estimate of drug-likeness (QED) is 0.345. The zero-order valence-corrected chi connectivity index (χ0v) is 18.6. The van der Waals surface area contributed by atoms with Crippen molar-refractivity contribution in [1.82, 2.24) is 4.98 Å². The van der Waals surface area contributed by atoms with E-state index in [0.29, 0.717) is 27.8 Å². The van der Waals surface area contributed by atoms with E-state index in [4.69, 9.17) is 14.5 Å². The monoisotopic (exact) mass is 446 g/mol. The molecule has 0 amide bonds. The Kier molecular flexibility index (Phi) is 5.37. The molecule has 168 valence electrons. The lowest BCUT2D eigenvalue weighted by atomic mass is 9.99. The number of hydrogen-bond donors (Lipinski definition) is 2. The molecular weight excluding hydrogens is 424 g/mol. The van der Waals surface area contributed by atoms with E-state index >= 15 is 0 Å². The number of pyridine rings is 1. The third-order valence-corrected chi connectivity index (χ3v) is 5.14. The van der Waals surface area contributed by atoms with Crippen LogP contribution in [-0.4, -0.2) is 33.8 Å². The van der Waals surface area contributed by atoms with Gasteiger partial charge in [0, 0.05) is 36.7 Å². The minimum absolute atomic E-state index is 0.164. The highest BCUT2D eigenvalue weighted by atomic mass is 16.7. The number of aryl methyl sites for hydroxylation is 2. The molecule has 2 N–H and O–H groups in total. The fourth-order valence-electron chi connectivity index (χ4n) is 3.71. The van der Waals surface area contributed by atoms with E-state index in [0.717, 1.165) is 11.1 Å². The van der Waals surface area contributed by atoms with Crippen molar-refractivity contribution in [3.8, 4) is 11.3 Å². The summed E-state index contributed by atoms with van der Waals surface area (Å²) < 4.78 is 10.2. The second-order valence-electron chi connectivity index (χ2n) is 8.30. The molecule has 1 fully saturated rings. The number of benzene rings is 2. The summed E-state index contributed by atoms with van der Waals surface area (Å²) in [5.41, 5.74) is 4.07. The number of aromatic nitrogens is 1. The second-order valence-corrected chi connectivity index (χ2v) is 8.30. The average molecular weight is 446 g/mol. The van der Waals surface area contributed by atoms with Crippen LogP contribution in [0.25, 0.3) is 22.2 Å². The fraction of sp³-hybridized carbons (Fsp3) is 0.200. The van der Waals surface area contributed by atoms with Gasteiger partial charge < -0.3 is 19.9 Å². The van der Waals surface area contributed by atoms with Crippen LogP contribution in [0.15, 0.2) is 54.2 Å². The number of carbonyl (C=O) groups is 3. The third-order valence-electron chi connectivity index (χ3n) is 5.14. The predicted octanol–water partition coefficient (Wildman–Crippen LogP) is 4.35. The van der Waals surface area contributed by atoms with Crippen molar-refractivity contribution >= 4 is 34.5 Å². The Balaban J connectivity index is 1.71. The summed E-state index contributed by atoms with van der Waals surface area (Å²) in [6.07, 6.45) is 1.22. The SMILES string of the molecule is Cc1cc(C)c2nc(-c3cccc(NC=C4C(=O)OC(C)(C)OC4=O)c3)cc(C(=O)O)c2c1. The molecule has 8 heteroatoms. The van der Waals surface area contributed by atoms with Gasteiger partial charge in [-0.3, -0.25) is 0 Å². The number of aromatic carboxylic acids is 1. The van der Waals surface area contributed by atoms with Crippen molar-refractivity contribution in [3.05, 3.63) is 70.9 Å². The van der Waals surface area contributed by atoms with Crippen LogP contribution in [0.5, 0.6) is 0 Å². The molecule has 1 aromatic heterocycles. The lowest BCUT2D eigenvalue weighted by molar-refractivity contribution is -0.222. The van der Waals surface area contributed by atoms with Crippen molar-refractivity contribution in [1.29, 1.82) is 0 Å². The summed E-state index contributed by atoms with van der Waals surface area (Å²) in [5, 5.41) is 13.3. The standard InChI is InChI=1S/C25H22N2O6/c1-13-8-14(2)21-17(9-13)18(22(28)29)11-20(27-21)15-6-5-7-16(10-15)26-12-19-23(30)32-25(3,4)33-24(19)31/h5-12,26H,1-4H3,(H,28,29). The molecule has 3 aromatic rings. The number of carboxylic acid groups (broad SMARTS) is 1. The Hall–Kier alpha value is -4.20. The van der Waals surface area contributed by atoms with Gasteiger partial charge in [0.1, 0.15) is 0 Å². The van der Waals surface area contributed by atoms with Crippen molar-refractivity contribution in [3.63, 3.8) is 0 Å². The maximum atomic E-state index is 12.1. The highest BCUT2D eigenvalue weighted by Gasteiger charge is 2.38. The minimum Gasteiger partial charge on any atom is -0.478 e. The number of nitrogens with one attached hydrogen (secondary N) is 1. The predicted molar refractivity (Wildman–Crippen MR) is 122 cm³/mol. The number of carbonyl (C=O) groups excluding carboxylic acids is 2. The van der Waals surface area contributed by atoms with Gasteiger partial charge in [-0.2, -0.15) is 0 Å². The highest BCUT2D eigenvalue weighted by molar-refractivity contribution is 6.15. The maximum Gasteiger partial charge on any atom is 0.350 e. The summed E-state index contributed by atoms with van der Waals surface area (Å²) in [5.74, 6) is -3.92. The smallest absolute Gasteiger partial charge is 0.350 e. The van der Waals surface area contributed by atoms with Gasteiger partial charge in [-0.25, -0.2) is 19.4 Å². The van der Waals surface area contributed by atoms with E-state index in [-0.39, 0.29) is 11.1 Å². The van der Waals surface area contributed by atoms with Crippen LogP contribution in [0.4, 0.5) is 5.69 Å². The van der Waals surface area contributed by atoms with Crippen molar-refractivity contribution < 1.29 is 29.0 Å². The molecule has 0 unspecified atom stereocenters. The van der Waals surface area contributed by atoms with E-state index < -0.39 is 23.7 Å². The first-order valence-corrected chi connectivity index (χ1v) is 10.2. The molecule has 1 aliphatic rings. The van der Waals surface area contributed by atoms with Crippen molar-refractivity contribution in [2.45, 2.75) is 33.5 Å². The van der Waals surface area contributed by atoms with Crippen LogP contribution in [-0.2, 0) is 19.1 Å². The second kappa shape index (κ2) is 8.05. The number of nitrogens with zero attached hydrogens (tertiary/aromatic N) is 1. The average Bonchev–Trinajstić information content (AvgIpc) is 2.71. The van der Waals surface area contributed by atoms with Crippen LogP contribution < -0.4 is 5.32 Å². The molecule has 0 atom stereocenters. The van der Waals surface area contributed by atoms with Gasteiger partial charge in [-0.15, -0.1) is 0 Å². The fourth-order valence-corrected chi connectivity index (χ4v) is 3.71. The molecule has 0 saturated carbocycles. The highest BCUT2D eigenvalue weighted by Crippen LogP contribution is 2.29. The topological polar surface area (TPSA) is 115 Å². The van der Waals surface area contributed by atoms with Gasteiger partial charge in [0.05, 0.1) is 16.8 Å². The third kappa shape index (κ3) is 4.41. The molecule has 0 spiro atoms. The molecular formula is C25H22N2O6. The molecule has 2 aromatic carbocycles. The normalized spacial score (nSPS) is 15.1. The number of hydrogen-bond acceptors (Lipinski definition) is 7. The summed E-state index contributed by atoms with van der Waals surface area (Å²) in [7, 11) is 0. The summed E-state index contributed by atoms with van der Waals surface area (Å²) in [6.45, 7) is 6.75. The van der Waals surface area contributed by atoms with Crippen LogP contribution in [0, 0.1) is 13.8 Å². The van der Waals surface area contributed by atoms with Crippen LogP contribution in [0.1, 0.15) is 35.3 Å². The summed E-state index contributed by atoms with van der Waals surface area (Å²) in [6, 6.07) is 12.3. The molecule has 8 nitrogen and oxygen atoms in total. The molecule has 0 bridgehead atoms. The molecule has 4 rings (SSSR count). The van der Waals surface area contributed by atoms with E-state index in [1.165, 1.54) is 20.0 Å². The number of carboxylic acids is 1. The Labute approximate surface area is 189 Å². The number of esters is 2. The van der Waals surface area contributed by atoms with Gasteiger partial charge in [0.2, 0.25) is 0 Å².